The lowest BCUT2D eigenvalue weighted by atomic mass is 9.85. The van der Waals surface area contributed by atoms with Crippen molar-refractivity contribution >= 4 is 5.91 Å². The van der Waals surface area contributed by atoms with Gasteiger partial charge in [-0.05, 0) is 12.8 Å². The number of hydrogen-bond donors (Lipinski definition) is 1. The van der Waals surface area contributed by atoms with Gasteiger partial charge in [-0.3, -0.25) is 4.79 Å². The minimum Gasteiger partial charge on any atom is -0.379 e. The summed E-state index contributed by atoms with van der Waals surface area (Å²) >= 11 is 0. The van der Waals surface area contributed by atoms with Crippen molar-refractivity contribution in [3.05, 3.63) is 0 Å². The average Bonchev–Trinajstić information content (AvgIpc) is 2.62. The first-order valence-corrected chi connectivity index (χ1v) is 5.34. The quantitative estimate of drug-likeness (QED) is 0.750. The van der Waals surface area contributed by atoms with E-state index in [-0.39, 0.29) is 12.3 Å². The normalized spacial score (nSPS) is 39.3. The van der Waals surface area contributed by atoms with Gasteiger partial charge < -0.3 is 10.0 Å². The maximum atomic E-state index is 12.7. The molecule has 0 saturated carbocycles. The molecule has 6 heteroatoms. The summed E-state index contributed by atoms with van der Waals surface area (Å²) < 4.78 is 38.1. The number of nitrogens with zero attached hydrogens (tertiary/aromatic N) is 1. The van der Waals surface area contributed by atoms with Gasteiger partial charge in [0.2, 0.25) is 5.91 Å². The molecule has 2 aliphatic heterocycles. The molecule has 2 aliphatic rings. The van der Waals surface area contributed by atoms with Gasteiger partial charge in [0.1, 0.15) is 0 Å². The van der Waals surface area contributed by atoms with Crippen LogP contribution in [0.2, 0.25) is 0 Å². The van der Waals surface area contributed by atoms with Crippen LogP contribution in [0.5, 0.6) is 0 Å². The van der Waals surface area contributed by atoms with Gasteiger partial charge in [-0.15, -0.1) is 0 Å². The predicted octanol–water partition coefficient (Wildman–Crippen LogP) is 1.45. The van der Waals surface area contributed by atoms with E-state index in [1.54, 1.807) is 6.92 Å². The van der Waals surface area contributed by atoms with Crippen LogP contribution in [-0.2, 0) is 4.79 Å². The molecule has 0 aromatic carbocycles. The van der Waals surface area contributed by atoms with Gasteiger partial charge in [0, 0.05) is 18.4 Å². The van der Waals surface area contributed by atoms with Gasteiger partial charge in [0.05, 0.1) is 6.54 Å². The number of aliphatic hydroxyl groups is 1. The van der Waals surface area contributed by atoms with E-state index < -0.39 is 23.9 Å². The SMILES string of the molecule is CCC12CCC(=O)N1CC(O)(C(F)(F)F)C2. The summed E-state index contributed by atoms with van der Waals surface area (Å²) in [5.41, 5.74) is -3.50. The van der Waals surface area contributed by atoms with Crippen LogP contribution in [0.15, 0.2) is 0 Å². The highest BCUT2D eigenvalue weighted by Gasteiger charge is 2.66. The van der Waals surface area contributed by atoms with E-state index in [9.17, 15) is 23.1 Å². The second-order valence-corrected chi connectivity index (χ2v) is 4.76. The third kappa shape index (κ3) is 1.35. The van der Waals surface area contributed by atoms with E-state index in [1.807, 2.05) is 0 Å². The number of alkyl halides is 3. The third-order valence-electron chi connectivity index (χ3n) is 3.90. The van der Waals surface area contributed by atoms with E-state index >= 15 is 0 Å². The van der Waals surface area contributed by atoms with Crippen molar-refractivity contribution in [3.63, 3.8) is 0 Å². The lowest BCUT2D eigenvalue weighted by Gasteiger charge is -2.30. The summed E-state index contributed by atoms with van der Waals surface area (Å²) in [6, 6.07) is 0. The minimum absolute atomic E-state index is 0.276. The second-order valence-electron chi connectivity index (χ2n) is 4.76. The number of rotatable bonds is 1. The fraction of sp³-hybridized carbons (Fsp3) is 0.900. The highest BCUT2D eigenvalue weighted by atomic mass is 19.4. The van der Waals surface area contributed by atoms with E-state index in [2.05, 4.69) is 0 Å². The van der Waals surface area contributed by atoms with Gasteiger partial charge >= 0.3 is 6.18 Å². The van der Waals surface area contributed by atoms with Gasteiger partial charge in [-0.2, -0.15) is 13.2 Å². The molecule has 2 heterocycles. The van der Waals surface area contributed by atoms with Gasteiger partial charge in [-0.25, -0.2) is 0 Å². The number of carbonyl (C=O) groups excluding carboxylic acids is 1. The van der Waals surface area contributed by atoms with Crippen molar-refractivity contribution in [3.8, 4) is 0 Å². The average molecular weight is 237 g/mol. The molecule has 1 N–H and O–H groups in total. The highest BCUT2D eigenvalue weighted by molar-refractivity contribution is 5.80. The Morgan fingerprint density at radius 1 is 1.50 bits per heavy atom. The molecule has 0 aromatic heterocycles. The Bertz CT molecular complexity index is 331. The van der Waals surface area contributed by atoms with E-state index in [0.717, 1.165) is 0 Å². The zero-order chi connectivity index (χ0) is 12.2. The maximum absolute atomic E-state index is 12.7. The molecule has 2 saturated heterocycles. The van der Waals surface area contributed by atoms with E-state index in [0.29, 0.717) is 19.3 Å². The Kier molecular flexibility index (Phi) is 2.28. The van der Waals surface area contributed by atoms with Gasteiger partial charge in [-0.1, -0.05) is 6.92 Å². The van der Waals surface area contributed by atoms with Crippen LogP contribution in [-0.4, -0.2) is 39.8 Å². The van der Waals surface area contributed by atoms with Crippen molar-refractivity contribution in [1.82, 2.24) is 4.90 Å². The molecule has 0 aromatic rings. The number of β-amino-alcohol motifs (C(OH)–C–C–N with tert-alkyl or cyclic N) is 1. The molecule has 1 amide bonds. The first kappa shape index (κ1) is 11.7. The van der Waals surface area contributed by atoms with Crippen LogP contribution in [0.3, 0.4) is 0 Å². The van der Waals surface area contributed by atoms with Crippen LogP contribution in [0.25, 0.3) is 0 Å². The molecule has 2 atom stereocenters. The zero-order valence-electron chi connectivity index (χ0n) is 8.97. The number of halogens is 3. The Morgan fingerprint density at radius 3 is 2.56 bits per heavy atom. The topological polar surface area (TPSA) is 40.5 Å². The second kappa shape index (κ2) is 3.12. The van der Waals surface area contributed by atoms with Crippen molar-refractivity contribution in [2.45, 2.75) is 49.9 Å². The lowest BCUT2D eigenvalue weighted by Crippen LogP contribution is -2.47. The summed E-state index contributed by atoms with van der Waals surface area (Å²) in [6.45, 7) is 1.15. The molecular formula is C10H14F3NO2. The molecule has 0 bridgehead atoms. The molecule has 16 heavy (non-hydrogen) atoms. The summed E-state index contributed by atoms with van der Waals surface area (Å²) in [5.74, 6) is -0.276. The Labute approximate surface area is 91.2 Å². The van der Waals surface area contributed by atoms with Crippen LogP contribution >= 0.6 is 0 Å². The van der Waals surface area contributed by atoms with Crippen LogP contribution < -0.4 is 0 Å². The first-order valence-electron chi connectivity index (χ1n) is 5.34. The Morgan fingerprint density at radius 2 is 2.12 bits per heavy atom. The largest absolute Gasteiger partial charge is 0.419 e. The molecule has 3 nitrogen and oxygen atoms in total. The summed E-state index contributed by atoms with van der Waals surface area (Å²) in [5, 5.41) is 9.63. The molecule has 0 aliphatic carbocycles. The van der Waals surface area contributed by atoms with Crippen LogP contribution in [0.1, 0.15) is 32.6 Å². The van der Waals surface area contributed by atoms with E-state index in [4.69, 9.17) is 0 Å². The molecule has 2 rings (SSSR count). The van der Waals surface area contributed by atoms with Crippen molar-refractivity contribution in [1.29, 1.82) is 0 Å². The van der Waals surface area contributed by atoms with Crippen LogP contribution in [0.4, 0.5) is 13.2 Å². The van der Waals surface area contributed by atoms with Crippen molar-refractivity contribution < 1.29 is 23.1 Å². The fourth-order valence-corrected chi connectivity index (χ4v) is 2.86. The van der Waals surface area contributed by atoms with E-state index in [1.165, 1.54) is 4.90 Å². The number of carbonyl (C=O) groups is 1. The lowest BCUT2D eigenvalue weighted by molar-refractivity contribution is -0.255. The summed E-state index contributed by atoms with van der Waals surface area (Å²) in [4.78, 5) is 12.7. The monoisotopic (exact) mass is 237 g/mol. The Balaban J connectivity index is 2.32. The zero-order valence-corrected chi connectivity index (χ0v) is 8.97. The Hall–Kier alpha value is -0.780. The predicted molar refractivity (Wildman–Crippen MR) is 49.6 cm³/mol. The molecule has 92 valence electrons. The first-order chi connectivity index (χ1) is 7.24. The summed E-state index contributed by atoms with van der Waals surface area (Å²) in [6.07, 6.45) is -3.88. The van der Waals surface area contributed by atoms with Crippen molar-refractivity contribution in [2.24, 2.45) is 0 Å². The van der Waals surface area contributed by atoms with Crippen molar-refractivity contribution in [2.75, 3.05) is 6.54 Å². The molecule has 2 fully saturated rings. The number of fused-ring (bicyclic) bond motifs is 1. The molecule has 0 radical (unpaired) electrons. The number of amides is 1. The smallest absolute Gasteiger partial charge is 0.379 e. The summed E-state index contributed by atoms with van der Waals surface area (Å²) in [7, 11) is 0. The standard InChI is InChI=1S/C10H14F3NO2/c1-2-8-4-3-7(15)14(8)6-9(16,5-8)10(11,12)13/h16H,2-6H2,1H3. The van der Waals surface area contributed by atoms with Crippen LogP contribution in [0, 0.1) is 0 Å². The minimum atomic E-state index is -4.67. The molecular weight excluding hydrogens is 223 g/mol. The van der Waals surface area contributed by atoms with Gasteiger partial charge in [0.15, 0.2) is 5.60 Å². The number of hydrogen-bond acceptors (Lipinski definition) is 2. The maximum Gasteiger partial charge on any atom is 0.419 e. The third-order valence-corrected chi connectivity index (χ3v) is 3.90. The molecule has 2 unspecified atom stereocenters. The van der Waals surface area contributed by atoms with Gasteiger partial charge in [0.25, 0.3) is 0 Å². The molecule has 0 spiro atoms. The fourth-order valence-electron chi connectivity index (χ4n) is 2.86. The highest BCUT2D eigenvalue weighted by Crippen LogP contribution is 2.51.